The van der Waals surface area contributed by atoms with E-state index in [9.17, 15) is 4.79 Å². The molecule has 0 atom stereocenters. The molecule has 104 valence electrons. The molecule has 0 aliphatic heterocycles. The Morgan fingerprint density at radius 2 is 1.80 bits per heavy atom. The molecule has 0 aliphatic carbocycles. The highest BCUT2D eigenvalue weighted by atomic mass is 79.9. The number of hydrogen-bond donors (Lipinski definition) is 1. The summed E-state index contributed by atoms with van der Waals surface area (Å²) in [4.78, 5) is 11.9. The van der Waals surface area contributed by atoms with Crippen LogP contribution in [-0.2, 0) is 11.2 Å². The number of anilines is 1. The first-order valence-electron chi connectivity index (χ1n) is 6.04. The predicted molar refractivity (Wildman–Crippen MR) is 87.6 cm³/mol. The number of benzene rings is 2. The lowest BCUT2D eigenvalue weighted by Gasteiger charge is -2.06. The normalized spacial score (nSPS) is 10.3. The average molecular weight is 373 g/mol. The van der Waals surface area contributed by atoms with Crippen molar-refractivity contribution in [3.63, 3.8) is 0 Å². The molecule has 5 heteroatoms. The van der Waals surface area contributed by atoms with Gasteiger partial charge >= 0.3 is 0 Å². The van der Waals surface area contributed by atoms with Gasteiger partial charge in [-0.05, 0) is 58.2 Å². The summed E-state index contributed by atoms with van der Waals surface area (Å²) >= 11 is 15.1. The van der Waals surface area contributed by atoms with Crippen molar-refractivity contribution in [1.29, 1.82) is 0 Å². The molecule has 0 bridgehead atoms. The van der Waals surface area contributed by atoms with Crippen LogP contribution in [0.5, 0.6) is 0 Å². The highest BCUT2D eigenvalue weighted by Gasteiger charge is 2.05. The number of halogens is 3. The summed E-state index contributed by atoms with van der Waals surface area (Å²) in [5, 5.41) is 4.09. The van der Waals surface area contributed by atoms with Gasteiger partial charge in [-0.3, -0.25) is 4.79 Å². The molecular weight excluding hydrogens is 361 g/mol. The Morgan fingerprint density at radius 3 is 2.45 bits per heavy atom. The summed E-state index contributed by atoms with van der Waals surface area (Å²) in [5.41, 5.74) is 1.78. The molecule has 2 aromatic carbocycles. The van der Waals surface area contributed by atoms with Crippen LogP contribution in [-0.4, -0.2) is 5.91 Å². The molecule has 0 saturated heterocycles. The molecule has 2 rings (SSSR count). The maximum Gasteiger partial charge on any atom is 0.224 e. The molecule has 1 amide bonds. The van der Waals surface area contributed by atoms with E-state index in [1.165, 1.54) is 0 Å². The van der Waals surface area contributed by atoms with Gasteiger partial charge in [-0.15, -0.1) is 0 Å². The fraction of sp³-hybridized carbons (Fsp3) is 0.133. The summed E-state index contributed by atoms with van der Waals surface area (Å²) in [7, 11) is 0. The first kappa shape index (κ1) is 15.4. The molecule has 2 aromatic rings. The molecule has 0 aromatic heterocycles. The Bertz CT molecular complexity index is 614. The molecule has 0 spiro atoms. The largest absolute Gasteiger partial charge is 0.326 e. The fourth-order valence-corrected chi connectivity index (χ4v) is 2.26. The van der Waals surface area contributed by atoms with Crippen LogP contribution in [0.2, 0.25) is 10.0 Å². The van der Waals surface area contributed by atoms with Gasteiger partial charge in [0.25, 0.3) is 0 Å². The number of amides is 1. The minimum absolute atomic E-state index is 0.0432. The van der Waals surface area contributed by atoms with Gasteiger partial charge in [0.2, 0.25) is 5.91 Å². The maximum atomic E-state index is 11.9. The smallest absolute Gasteiger partial charge is 0.224 e. The van der Waals surface area contributed by atoms with Gasteiger partial charge in [0.1, 0.15) is 0 Å². The molecule has 0 radical (unpaired) electrons. The van der Waals surface area contributed by atoms with Gasteiger partial charge < -0.3 is 5.32 Å². The molecule has 1 N–H and O–H groups in total. The van der Waals surface area contributed by atoms with Crippen LogP contribution in [0.4, 0.5) is 5.69 Å². The third-order valence-electron chi connectivity index (χ3n) is 2.76. The van der Waals surface area contributed by atoms with E-state index in [1.54, 1.807) is 18.2 Å². The maximum absolute atomic E-state index is 11.9. The van der Waals surface area contributed by atoms with Gasteiger partial charge in [0.15, 0.2) is 0 Å². The number of carbonyl (C=O) groups is 1. The topological polar surface area (TPSA) is 29.1 Å². The summed E-state index contributed by atoms with van der Waals surface area (Å²) in [6, 6.07) is 12.8. The summed E-state index contributed by atoms with van der Waals surface area (Å²) < 4.78 is 0.804. The number of hydrogen-bond acceptors (Lipinski definition) is 1. The van der Waals surface area contributed by atoms with Crippen LogP contribution >= 0.6 is 39.1 Å². The quantitative estimate of drug-likeness (QED) is 0.772. The van der Waals surface area contributed by atoms with Crippen LogP contribution in [0, 0.1) is 0 Å². The van der Waals surface area contributed by atoms with Crippen LogP contribution in [0.15, 0.2) is 46.9 Å². The Kier molecular flexibility index (Phi) is 5.46. The number of rotatable bonds is 4. The van der Waals surface area contributed by atoms with E-state index in [0.29, 0.717) is 28.6 Å². The zero-order chi connectivity index (χ0) is 14.5. The van der Waals surface area contributed by atoms with Crippen LogP contribution in [0.25, 0.3) is 0 Å². The lowest BCUT2D eigenvalue weighted by Crippen LogP contribution is -2.12. The summed E-state index contributed by atoms with van der Waals surface area (Å²) in [5.74, 6) is -0.0432. The van der Waals surface area contributed by atoms with Crippen LogP contribution < -0.4 is 5.32 Å². The molecule has 0 saturated carbocycles. The first-order valence-corrected chi connectivity index (χ1v) is 7.59. The van der Waals surface area contributed by atoms with E-state index < -0.39 is 0 Å². The monoisotopic (exact) mass is 371 g/mol. The van der Waals surface area contributed by atoms with Crippen molar-refractivity contribution < 1.29 is 4.79 Å². The highest BCUT2D eigenvalue weighted by molar-refractivity contribution is 9.10. The van der Waals surface area contributed by atoms with Crippen molar-refractivity contribution in [3.8, 4) is 0 Å². The van der Waals surface area contributed by atoms with E-state index in [1.807, 2.05) is 24.3 Å². The van der Waals surface area contributed by atoms with Gasteiger partial charge in [0, 0.05) is 21.6 Å². The zero-order valence-electron chi connectivity index (χ0n) is 10.5. The third kappa shape index (κ3) is 4.51. The fourth-order valence-electron chi connectivity index (χ4n) is 1.71. The van der Waals surface area contributed by atoms with Gasteiger partial charge in [-0.2, -0.15) is 0 Å². The minimum Gasteiger partial charge on any atom is -0.326 e. The molecule has 2 nitrogen and oxygen atoms in total. The highest BCUT2D eigenvalue weighted by Crippen LogP contribution is 2.25. The minimum atomic E-state index is -0.0432. The van der Waals surface area contributed by atoms with E-state index in [4.69, 9.17) is 23.2 Å². The second kappa shape index (κ2) is 7.11. The number of carbonyl (C=O) groups excluding carboxylic acids is 1. The van der Waals surface area contributed by atoms with Crippen molar-refractivity contribution >= 4 is 50.7 Å². The Labute approximate surface area is 136 Å². The third-order valence-corrected chi connectivity index (χ3v) is 4.24. The van der Waals surface area contributed by atoms with Gasteiger partial charge in [0.05, 0.1) is 5.02 Å². The SMILES string of the molecule is O=C(CCc1ccc(Cl)cc1)Nc1ccc(Br)c(Cl)c1. The molecular formula is C15H12BrCl2NO. The van der Waals surface area contributed by atoms with Gasteiger partial charge in [-0.25, -0.2) is 0 Å². The lowest BCUT2D eigenvalue weighted by atomic mass is 10.1. The predicted octanol–water partition coefficient (Wildman–Crippen LogP) is 5.33. The van der Waals surface area contributed by atoms with E-state index in [-0.39, 0.29) is 5.91 Å². The van der Waals surface area contributed by atoms with Crippen LogP contribution in [0.1, 0.15) is 12.0 Å². The van der Waals surface area contributed by atoms with Gasteiger partial charge in [-0.1, -0.05) is 35.3 Å². The average Bonchev–Trinajstić information content (AvgIpc) is 2.42. The van der Waals surface area contributed by atoms with E-state index in [2.05, 4.69) is 21.2 Å². The van der Waals surface area contributed by atoms with Crippen molar-refractivity contribution in [2.45, 2.75) is 12.8 Å². The zero-order valence-corrected chi connectivity index (χ0v) is 13.6. The number of nitrogens with one attached hydrogen (secondary N) is 1. The van der Waals surface area contributed by atoms with Crippen LogP contribution in [0.3, 0.4) is 0 Å². The first-order chi connectivity index (χ1) is 9.54. The van der Waals surface area contributed by atoms with Crippen molar-refractivity contribution in [3.05, 3.63) is 62.5 Å². The van der Waals surface area contributed by atoms with Crippen molar-refractivity contribution in [2.75, 3.05) is 5.32 Å². The Hall–Kier alpha value is -1.03. The molecule has 20 heavy (non-hydrogen) atoms. The summed E-state index contributed by atoms with van der Waals surface area (Å²) in [6.07, 6.45) is 1.09. The summed E-state index contributed by atoms with van der Waals surface area (Å²) in [6.45, 7) is 0. The molecule has 0 fully saturated rings. The lowest BCUT2D eigenvalue weighted by molar-refractivity contribution is -0.116. The number of aryl methyl sites for hydroxylation is 1. The molecule has 0 aliphatic rings. The Morgan fingerprint density at radius 1 is 1.10 bits per heavy atom. The molecule has 0 unspecified atom stereocenters. The molecule has 0 heterocycles. The standard InChI is InChI=1S/C15H12BrCl2NO/c16-13-7-6-12(9-14(13)18)19-15(20)8-3-10-1-4-11(17)5-2-10/h1-2,4-7,9H,3,8H2,(H,19,20). The van der Waals surface area contributed by atoms with E-state index in [0.717, 1.165) is 10.0 Å². The van der Waals surface area contributed by atoms with E-state index >= 15 is 0 Å². The van der Waals surface area contributed by atoms with Crippen molar-refractivity contribution in [2.24, 2.45) is 0 Å². The Balaban J connectivity index is 1.89. The second-order valence-electron chi connectivity index (χ2n) is 4.30. The second-order valence-corrected chi connectivity index (χ2v) is 6.00. The van der Waals surface area contributed by atoms with Crippen molar-refractivity contribution in [1.82, 2.24) is 0 Å².